The van der Waals surface area contributed by atoms with Crippen molar-refractivity contribution in [2.24, 2.45) is 5.92 Å². The van der Waals surface area contributed by atoms with Crippen molar-refractivity contribution in [1.82, 2.24) is 4.90 Å². The fourth-order valence-electron chi connectivity index (χ4n) is 3.55. The molecule has 7 heteroatoms. The molecule has 3 rings (SSSR count). The molecule has 1 N–H and O–H groups in total. The number of benzene rings is 2. The number of hydrogen-bond donors (Lipinski definition) is 1. The van der Waals surface area contributed by atoms with E-state index in [0.717, 1.165) is 17.7 Å². The molecule has 3 amide bonds. The Morgan fingerprint density at radius 3 is 2.69 bits per heavy atom. The number of aryl methyl sites for hydroxylation is 1. The minimum Gasteiger partial charge on any atom is -0.336 e. The molecule has 1 aliphatic rings. The molecule has 1 saturated heterocycles. The number of anilines is 2. The van der Waals surface area contributed by atoms with Crippen LogP contribution >= 0.6 is 0 Å². The number of nitrogens with zero attached hydrogens (tertiary/aromatic N) is 2. The van der Waals surface area contributed by atoms with Gasteiger partial charge in [-0.05, 0) is 36.2 Å². The van der Waals surface area contributed by atoms with Gasteiger partial charge in [-0.2, -0.15) is 0 Å². The molecule has 1 aliphatic heterocycles. The Morgan fingerprint density at radius 2 is 1.97 bits per heavy atom. The molecule has 29 heavy (non-hydrogen) atoms. The van der Waals surface area contributed by atoms with Crippen LogP contribution in [-0.2, 0) is 20.8 Å². The second-order valence-electron chi connectivity index (χ2n) is 7.14. The minimum absolute atomic E-state index is 0.0955. The van der Waals surface area contributed by atoms with Crippen LogP contribution < -0.4 is 10.2 Å². The van der Waals surface area contributed by atoms with E-state index in [-0.39, 0.29) is 24.8 Å². The summed E-state index contributed by atoms with van der Waals surface area (Å²) < 4.78 is 13.2. The van der Waals surface area contributed by atoms with Gasteiger partial charge in [0.2, 0.25) is 17.7 Å². The summed E-state index contributed by atoms with van der Waals surface area (Å²) in [5, 5.41) is 2.57. The normalized spacial score (nSPS) is 16.0. The van der Waals surface area contributed by atoms with Crippen LogP contribution in [0.25, 0.3) is 0 Å². The van der Waals surface area contributed by atoms with Crippen LogP contribution in [0.3, 0.4) is 0 Å². The molecule has 0 unspecified atom stereocenters. The Balaban J connectivity index is 1.61. The van der Waals surface area contributed by atoms with Crippen molar-refractivity contribution in [2.45, 2.75) is 19.8 Å². The van der Waals surface area contributed by atoms with Crippen LogP contribution in [0.15, 0.2) is 48.5 Å². The number of nitrogens with one attached hydrogen (secondary N) is 1. The maximum atomic E-state index is 13.2. The molecular weight excluding hydrogens is 373 g/mol. The topological polar surface area (TPSA) is 69.7 Å². The third kappa shape index (κ3) is 4.80. The minimum atomic E-state index is -0.501. The zero-order valence-electron chi connectivity index (χ0n) is 16.5. The molecule has 0 spiro atoms. The predicted molar refractivity (Wildman–Crippen MR) is 109 cm³/mol. The third-order valence-electron chi connectivity index (χ3n) is 5.00. The molecule has 2 aromatic rings. The summed E-state index contributed by atoms with van der Waals surface area (Å²) in [5.74, 6) is -1.74. The van der Waals surface area contributed by atoms with Crippen molar-refractivity contribution in [1.29, 1.82) is 0 Å². The Bertz CT molecular complexity index is 931. The average molecular weight is 397 g/mol. The van der Waals surface area contributed by atoms with Gasteiger partial charge in [-0.15, -0.1) is 0 Å². The summed E-state index contributed by atoms with van der Waals surface area (Å²) in [4.78, 5) is 40.4. The highest BCUT2D eigenvalue weighted by molar-refractivity contribution is 6.01. The van der Waals surface area contributed by atoms with Gasteiger partial charge < -0.3 is 15.1 Å². The average Bonchev–Trinajstić information content (AvgIpc) is 3.08. The summed E-state index contributed by atoms with van der Waals surface area (Å²) in [6.45, 7) is 2.14. The van der Waals surface area contributed by atoms with E-state index in [4.69, 9.17) is 0 Å². The zero-order chi connectivity index (χ0) is 21.0. The summed E-state index contributed by atoms with van der Waals surface area (Å²) in [5.41, 5.74) is 2.22. The predicted octanol–water partition coefficient (Wildman–Crippen LogP) is 2.84. The van der Waals surface area contributed by atoms with E-state index in [0.29, 0.717) is 12.2 Å². The smallest absolute Gasteiger partial charge is 0.243 e. The van der Waals surface area contributed by atoms with Crippen LogP contribution in [0.5, 0.6) is 0 Å². The van der Waals surface area contributed by atoms with Gasteiger partial charge in [0.25, 0.3) is 0 Å². The lowest BCUT2D eigenvalue weighted by Crippen LogP contribution is -2.39. The van der Waals surface area contributed by atoms with Crippen molar-refractivity contribution in [3.63, 3.8) is 0 Å². The van der Waals surface area contributed by atoms with Crippen molar-refractivity contribution in [3.05, 3.63) is 59.9 Å². The van der Waals surface area contributed by atoms with E-state index in [2.05, 4.69) is 5.32 Å². The number of likely N-dealkylation sites (N-methyl/N-ethyl adjacent to an activating group) is 1. The molecule has 0 radical (unpaired) electrons. The lowest BCUT2D eigenvalue weighted by Gasteiger charge is -2.22. The van der Waals surface area contributed by atoms with Gasteiger partial charge in [0.1, 0.15) is 5.82 Å². The summed E-state index contributed by atoms with van der Waals surface area (Å²) >= 11 is 0. The summed E-state index contributed by atoms with van der Waals surface area (Å²) in [6, 6.07) is 13.2. The number of rotatable bonds is 6. The van der Waals surface area contributed by atoms with Crippen molar-refractivity contribution >= 4 is 29.1 Å². The van der Waals surface area contributed by atoms with E-state index in [1.807, 2.05) is 31.2 Å². The molecule has 0 bridgehead atoms. The molecule has 0 aromatic heterocycles. The molecule has 2 aromatic carbocycles. The molecule has 0 saturated carbocycles. The van der Waals surface area contributed by atoms with E-state index in [9.17, 15) is 18.8 Å². The highest BCUT2D eigenvalue weighted by Crippen LogP contribution is 2.29. The van der Waals surface area contributed by atoms with E-state index in [1.165, 1.54) is 30.1 Å². The monoisotopic (exact) mass is 397 g/mol. The second-order valence-corrected chi connectivity index (χ2v) is 7.14. The molecule has 6 nitrogen and oxygen atoms in total. The van der Waals surface area contributed by atoms with E-state index in [1.54, 1.807) is 11.0 Å². The Hall–Kier alpha value is -3.22. The lowest BCUT2D eigenvalue weighted by molar-refractivity contribution is -0.137. The zero-order valence-corrected chi connectivity index (χ0v) is 16.5. The number of carbonyl (C=O) groups excluding carboxylic acids is 3. The van der Waals surface area contributed by atoms with Crippen LogP contribution in [0.1, 0.15) is 18.9 Å². The van der Waals surface area contributed by atoms with Gasteiger partial charge in [0.15, 0.2) is 0 Å². The Kier molecular flexibility index (Phi) is 6.26. The molecule has 152 valence electrons. The Morgan fingerprint density at radius 1 is 1.21 bits per heavy atom. The van der Waals surface area contributed by atoms with Gasteiger partial charge >= 0.3 is 0 Å². The van der Waals surface area contributed by atoms with Crippen LogP contribution in [-0.4, -0.2) is 42.8 Å². The first-order valence-corrected chi connectivity index (χ1v) is 9.57. The second kappa shape index (κ2) is 8.86. The quantitative estimate of drug-likeness (QED) is 0.815. The highest BCUT2D eigenvalue weighted by Gasteiger charge is 2.37. The standard InChI is InChI=1S/C22H24FN3O3/c1-3-15-7-4-5-10-19(15)26-13-16(11-21(26)28)22(29)25(2)14-20(27)24-18-9-6-8-17(23)12-18/h4-10,12,16H,3,11,13-14H2,1-2H3,(H,24,27)/t16-/m0/s1. The number of halogens is 1. The van der Waals surface area contributed by atoms with Gasteiger partial charge in [-0.3, -0.25) is 14.4 Å². The van der Waals surface area contributed by atoms with E-state index >= 15 is 0 Å². The maximum absolute atomic E-state index is 13.2. The van der Waals surface area contributed by atoms with Gasteiger partial charge in [-0.1, -0.05) is 31.2 Å². The molecule has 1 fully saturated rings. The SMILES string of the molecule is CCc1ccccc1N1C[C@@H](C(=O)N(C)CC(=O)Nc2cccc(F)c2)CC1=O. The molecule has 0 aliphatic carbocycles. The van der Waals surface area contributed by atoms with Crippen molar-refractivity contribution < 1.29 is 18.8 Å². The van der Waals surface area contributed by atoms with Gasteiger partial charge in [0.05, 0.1) is 12.5 Å². The van der Waals surface area contributed by atoms with Crippen LogP contribution in [0.2, 0.25) is 0 Å². The number of hydrogen-bond acceptors (Lipinski definition) is 3. The van der Waals surface area contributed by atoms with Gasteiger partial charge in [-0.25, -0.2) is 4.39 Å². The molecular formula is C22H24FN3O3. The first-order valence-electron chi connectivity index (χ1n) is 9.57. The fourth-order valence-corrected chi connectivity index (χ4v) is 3.55. The number of carbonyl (C=O) groups is 3. The third-order valence-corrected chi connectivity index (χ3v) is 5.00. The van der Waals surface area contributed by atoms with E-state index < -0.39 is 17.6 Å². The maximum Gasteiger partial charge on any atom is 0.243 e. The number of amides is 3. The molecule has 1 heterocycles. The van der Waals surface area contributed by atoms with Crippen LogP contribution in [0.4, 0.5) is 15.8 Å². The summed E-state index contributed by atoms with van der Waals surface area (Å²) in [6.07, 6.45) is 0.908. The van der Waals surface area contributed by atoms with Crippen LogP contribution in [0, 0.1) is 11.7 Å². The number of para-hydroxylation sites is 1. The largest absolute Gasteiger partial charge is 0.336 e. The van der Waals surface area contributed by atoms with Gasteiger partial charge in [0, 0.05) is 31.4 Å². The first kappa shape index (κ1) is 20.5. The summed E-state index contributed by atoms with van der Waals surface area (Å²) in [7, 11) is 1.53. The molecule has 1 atom stereocenters. The van der Waals surface area contributed by atoms with Crippen molar-refractivity contribution in [2.75, 3.05) is 30.4 Å². The lowest BCUT2D eigenvalue weighted by atomic mass is 10.1. The first-order chi connectivity index (χ1) is 13.9. The fraction of sp³-hybridized carbons (Fsp3) is 0.318. The van der Waals surface area contributed by atoms with Crippen molar-refractivity contribution in [3.8, 4) is 0 Å². The highest BCUT2D eigenvalue weighted by atomic mass is 19.1. The Labute approximate surface area is 169 Å².